The number of ether oxygens (including phenoxy) is 2. The molecule has 0 bridgehead atoms. The molecule has 0 heterocycles. The number of phosphoric ester groups is 1. The van der Waals surface area contributed by atoms with Gasteiger partial charge >= 0.3 is 19.8 Å². The average molecular weight is 804 g/mol. The third-order valence-corrected chi connectivity index (χ3v) is 11.5. The molecule has 0 spiro atoms. The van der Waals surface area contributed by atoms with Crippen LogP contribution in [0.2, 0.25) is 0 Å². The summed E-state index contributed by atoms with van der Waals surface area (Å²) < 4.78 is 33.2. The van der Waals surface area contributed by atoms with Crippen molar-refractivity contribution in [1.82, 2.24) is 5.32 Å². The monoisotopic (exact) mass is 804 g/mol. The number of esters is 2. The second-order valence-corrected chi connectivity index (χ2v) is 17.4. The van der Waals surface area contributed by atoms with Crippen LogP contribution in [-0.2, 0) is 32.7 Å². The van der Waals surface area contributed by atoms with Gasteiger partial charge in [-0.15, -0.1) is 0 Å². The van der Waals surface area contributed by atoms with Crippen LogP contribution < -0.4 is 5.32 Å². The Balaban J connectivity index is 4.05. The first-order valence-corrected chi connectivity index (χ1v) is 25.0. The lowest BCUT2D eigenvalue weighted by Gasteiger charge is -2.20. The van der Waals surface area contributed by atoms with Crippen molar-refractivity contribution in [2.75, 3.05) is 33.4 Å². The molecule has 0 saturated carbocycles. The fourth-order valence-electron chi connectivity index (χ4n) is 6.91. The van der Waals surface area contributed by atoms with E-state index in [0.29, 0.717) is 19.4 Å². The van der Waals surface area contributed by atoms with E-state index >= 15 is 0 Å². The van der Waals surface area contributed by atoms with Gasteiger partial charge in [0.15, 0.2) is 6.10 Å². The molecule has 2 unspecified atom stereocenters. The van der Waals surface area contributed by atoms with Gasteiger partial charge in [0.2, 0.25) is 0 Å². The zero-order valence-corrected chi connectivity index (χ0v) is 37.3. The highest BCUT2D eigenvalue weighted by molar-refractivity contribution is 7.47. The van der Waals surface area contributed by atoms with Crippen LogP contribution in [0.1, 0.15) is 239 Å². The quantitative estimate of drug-likeness (QED) is 0.0352. The fourth-order valence-corrected chi connectivity index (χ4v) is 7.66. The van der Waals surface area contributed by atoms with Gasteiger partial charge < -0.3 is 19.7 Å². The van der Waals surface area contributed by atoms with Gasteiger partial charge in [-0.25, -0.2) is 4.57 Å². The van der Waals surface area contributed by atoms with E-state index in [-0.39, 0.29) is 25.6 Å². The van der Waals surface area contributed by atoms with Gasteiger partial charge in [-0.3, -0.25) is 18.6 Å². The van der Waals surface area contributed by atoms with Crippen LogP contribution in [0, 0.1) is 0 Å². The lowest BCUT2D eigenvalue weighted by atomic mass is 10.0. The molecule has 0 aromatic carbocycles. The molecule has 0 rings (SSSR count). The predicted molar refractivity (Wildman–Crippen MR) is 229 cm³/mol. The molecule has 9 nitrogen and oxygen atoms in total. The molecule has 0 fully saturated rings. The van der Waals surface area contributed by atoms with Crippen molar-refractivity contribution in [1.29, 1.82) is 0 Å². The Morgan fingerprint density at radius 2 is 0.818 bits per heavy atom. The van der Waals surface area contributed by atoms with E-state index in [4.69, 9.17) is 18.5 Å². The molecule has 10 heteroatoms. The maximum absolute atomic E-state index is 12.6. The molecule has 0 aromatic heterocycles. The van der Waals surface area contributed by atoms with Gasteiger partial charge in [0.05, 0.1) is 13.2 Å². The SMILES string of the molecule is CCCCCCCCCCCCCCCCCCCCCCCC(=O)OCC(COP(=O)(O)OCCNC)OC(=O)CCCCCCCCCCCCCC. The largest absolute Gasteiger partial charge is 0.472 e. The fraction of sp³-hybridized carbons (Fsp3) is 0.956. The Hall–Kier alpha value is -0.990. The van der Waals surface area contributed by atoms with Crippen molar-refractivity contribution in [2.24, 2.45) is 0 Å². The lowest BCUT2D eigenvalue weighted by molar-refractivity contribution is -0.161. The Morgan fingerprint density at radius 3 is 1.16 bits per heavy atom. The first-order chi connectivity index (χ1) is 26.8. The van der Waals surface area contributed by atoms with Gasteiger partial charge in [0, 0.05) is 19.4 Å². The van der Waals surface area contributed by atoms with E-state index in [1.165, 1.54) is 173 Å². The van der Waals surface area contributed by atoms with Gasteiger partial charge in [-0.2, -0.15) is 0 Å². The number of nitrogens with one attached hydrogen (secondary N) is 1. The number of likely N-dealkylation sites (N-methyl/N-ethyl adjacent to an activating group) is 1. The second kappa shape index (κ2) is 42.6. The summed E-state index contributed by atoms with van der Waals surface area (Å²) in [6.45, 7) is 4.27. The molecule has 2 N–H and O–H groups in total. The van der Waals surface area contributed by atoms with Gasteiger partial charge in [-0.1, -0.05) is 213 Å². The van der Waals surface area contributed by atoms with Crippen LogP contribution in [0.15, 0.2) is 0 Å². The number of hydrogen-bond acceptors (Lipinski definition) is 8. The van der Waals surface area contributed by atoms with E-state index in [2.05, 4.69) is 19.2 Å². The summed E-state index contributed by atoms with van der Waals surface area (Å²) in [7, 11) is -2.64. The molecule has 2 atom stereocenters. The molecule has 328 valence electrons. The van der Waals surface area contributed by atoms with Crippen LogP contribution >= 0.6 is 7.82 Å². The number of carbonyl (C=O) groups is 2. The van der Waals surface area contributed by atoms with Crippen LogP contribution in [0.5, 0.6) is 0 Å². The Bertz CT molecular complexity index is 876. The normalized spacial score (nSPS) is 13.2. The number of carbonyl (C=O) groups excluding carboxylic acids is 2. The second-order valence-electron chi connectivity index (χ2n) is 16.0. The summed E-state index contributed by atoms with van der Waals surface area (Å²) in [5, 5.41) is 2.83. The molecule has 0 saturated heterocycles. The summed E-state index contributed by atoms with van der Waals surface area (Å²) in [6, 6.07) is 0. The summed E-state index contributed by atoms with van der Waals surface area (Å²) in [5.74, 6) is -0.790. The third-order valence-electron chi connectivity index (χ3n) is 10.5. The first-order valence-electron chi connectivity index (χ1n) is 23.5. The van der Waals surface area contributed by atoms with Crippen molar-refractivity contribution in [3.8, 4) is 0 Å². The van der Waals surface area contributed by atoms with Crippen LogP contribution in [0.4, 0.5) is 0 Å². The van der Waals surface area contributed by atoms with Crippen LogP contribution in [-0.4, -0.2) is 56.3 Å². The van der Waals surface area contributed by atoms with Crippen LogP contribution in [0.3, 0.4) is 0 Å². The Morgan fingerprint density at radius 1 is 0.491 bits per heavy atom. The average Bonchev–Trinajstić information content (AvgIpc) is 3.17. The number of rotatable bonds is 45. The minimum atomic E-state index is -4.34. The van der Waals surface area contributed by atoms with E-state index in [1.807, 2.05) is 0 Å². The number of hydrogen-bond donors (Lipinski definition) is 2. The molecule has 0 amide bonds. The molecule has 0 aromatic rings. The van der Waals surface area contributed by atoms with Crippen molar-refractivity contribution < 1.29 is 37.6 Å². The van der Waals surface area contributed by atoms with Crippen molar-refractivity contribution >= 4 is 19.8 Å². The lowest BCUT2D eigenvalue weighted by Crippen LogP contribution is -2.29. The van der Waals surface area contributed by atoms with Crippen molar-refractivity contribution in [3.05, 3.63) is 0 Å². The smallest absolute Gasteiger partial charge is 0.462 e. The predicted octanol–water partition coefficient (Wildman–Crippen LogP) is 13.5. The topological polar surface area (TPSA) is 120 Å². The van der Waals surface area contributed by atoms with Crippen LogP contribution in [0.25, 0.3) is 0 Å². The molecule has 55 heavy (non-hydrogen) atoms. The highest BCUT2D eigenvalue weighted by Gasteiger charge is 2.26. The van der Waals surface area contributed by atoms with E-state index in [9.17, 15) is 19.0 Å². The van der Waals surface area contributed by atoms with Crippen molar-refractivity contribution in [2.45, 2.75) is 245 Å². The number of phosphoric acid groups is 1. The summed E-state index contributed by atoms with van der Waals surface area (Å²) in [6.07, 6.45) is 41.5. The Labute approximate surface area is 339 Å². The van der Waals surface area contributed by atoms with Gasteiger partial charge in [0.25, 0.3) is 0 Å². The zero-order chi connectivity index (χ0) is 40.3. The maximum Gasteiger partial charge on any atom is 0.472 e. The van der Waals surface area contributed by atoms with E-state index < -0.39 is 26.5 Å². The van der Waals surface area contributed by atoms with Gasteiger partial charge in [-0.05, 0) is 19.9 Å². The Kier molecular flexibility index (Phi) is 41.8. The standard InChI is InChI=1S/C45H90NO8P/c1-4-6-8-10-12-14-16-18-19-20-21-22-23-24-25-26-28-29-31-33-35-37-44(47)51-41-43(42-53-55(49,50)52-40-39-46-3)54-45(48)38-36-34-32-30-27-17-15-13-11-9-7-5-2/h43,46H,4-42H2,1-3H3,(H,49,50). The zero-order valence-electron chi connectivity index (χ0n) is 36.4. The highest BCUT2D eigenvalue weighted by atomic mass is 31.2. The molecule has 0 aliphatic rings. The molecule has 0 aliphatic heterocycles. The number of unbranched alkanes of at least 4 members (excludes halogenated alkanes) is 31. The summed E-state index contributed by atoms with van der Waals surface area (Å²) in [5.41, 5.74) is 0. The van der Waals surface area contributed by atoms with Gasteiger partial charge in [0.1, 0.15) is 6.61 Å². The summed E-state index contributed by atoms with van der Waals surface area (Å²) in [4.78, 5) is 35.1. The van der Waals surface area contributed by atoms with E-state index in [0.717, 1.165) is 32.1 Å². The van der Waals surface area contributed by atoms with Crippen molar-refractivity contribution in [3.63, 3.8) is 0 Å². The minimum absolute atomic E-state index is 0.0117. The molecular weight excluding hydrogens is 713 g/mol. The third kappa shape index (κ3) is 42.4. The minimum Gasteiger partial charge on any atom is -0.462 e. The molecule has 0 aliphatic carbocycles. The summed E-state index contributed by atoms with van der Waals surface area (Å²) >= 11 is 0. The van der Waals surface area contributed by atoms with E-state index in [1.54, 1.807) is 7.05 Å². The maximum atomic E-state index is 12.6. The highest BCUT2D eigenvalue weighted by Crippen LogP contribution is 2.43. The molecular formula is C45H90NO8P. The molecule has 0 radical (unpaired) electrons. The first kappa shape index (κ1) is 54.0.